The molecule has 0 saturated heterocycles. The number of halogens is 3. The lowest BCUT2D eigenvalue weighted by Crippen LogP contribution is -2.20. The molecule has 0 saturated carbocycles. The van der Waals surface area contributed by atoms with Crippen LogP contribution in [-0.2, 0) is 17.5 Å². The van der Waals surface area contributed by atoms with E-state index < -0.39 is 17.8 Å². The Balaban J connectivity index is 1.39. The summed E-state index contributed by atoms with van der Waals surface area (Å²) in [5.74, 6) is -0.624. The number of nitrogens with zero attached hydrogens (tertiary/aromatic N) is 6. The van der Waals surface area contributed by atoms with Crippen molar-refractivity contribution in [3.05, 3.63) is 84.1 Å². The number of alkyl halides is 3. The summed E-state index contributed by atoms with van der Waals surface area (Å²) in [7, 11) is 1.44. The number of rotatable bonds is 7. The molecule has 5 rings (SSSR count). The fraction of sp³-hybridized carbons (Fsp3) is 0.154. The lowest BCUT2D eigenvalue weighted by atomic mass is 10.1. The van der Waals surface area contributed by atoms with Gasteiger partial charge in [0.1, 0.15) is 12.3 Å². The number of aryl methyl sites for hydroxylation is 1. The maximum absolute atomic E-state index is 13.9. The van der Waals surface area contributed by atoms with Gasteiger partial charge in [-0.1, -0.05) is 12.1 Å². The number of hydrogen-bond acceptors (Lipinski definition) is 7. The summed E-state index contributed by atoms with van der Waals surface area (Å²) in [6, 6.07) is 13.3. The first-order chi connectivity index (χ1) is 19.1. The maximum atomic E-state index is 13.9. The SMILES string of the molecule is COc1cccc(-c2cc(C(F)(F)F)n3nc(C(=O)Nc4cc(C)n(CC(=O)Nc5cccnc5)n4)cc3n2)c1. The van der Waals surface area contributed by atoms with Crippen LogP contribution >= 0.6 is 0 Å². The molecule has 11 nitrogen and oxygen atoms in total. The number of nitrogens with one attached hydrogen (secondary N) is 2. The molecule has 0 atom stereocenters. The zero-order valence-electron chi connectivity index (χ0n) is 21.1. The van der Waals surface area contributed by atoms with Gasteiger partial charge in [0.15, 0.2) is 22.9 Å². The number of methoxy groups -OCH3 is 1. The van der Waals surface area contributed by atoms with Gasteiger partial charge in [0.05, 0.1) is 24.7 Å². The highest BCUT2D eigenvalue weighted by Gasteiger charge is 2.35. The molecular weight excluding hydrogens is 529 g/mol. The first-order valence-electron chi connectivity index (χ1n) is 11.8. The van der Waals surface area contributed by atoms with E-state index in [4.69, 9.17) is 4.74 Å². The fourth-order valence-corrected chi connectivity index (χ4v) is 3.90. The van der Waals surface area contributed by atoms with Crippen molar-refractivity contribution in [3.8, 4) is 17.0 Å². The molecule has 1 aromatic carbocycles. The van der Waals surface area contributed by atoms with Gasteiger partial charge in [-0.3, -0.25) is 19.3 Å². The maximum Gasteiger partial charge on any atom is 0.433 e. The number of benzene rings is 1. The first kappa shape index (κ1) is 26.3. The molecule has 4 heterocycles. The van der Waals surface area contributed by atoms with E-state index in [0.29, 0.717) is 27.2 Å². The van der Waals surface area contributed by atoms with Crippen molar-refractivity contribution in [1.82, 2.24) is 29.4 Å². The van der Waals surface area contributed by atoms with Crippen molar-refractivity contribution >= 4 is 29.0 Å². The monoisotopic (exact) mass is 550 g/mol. The number of amides is 2. The summed E-state index contributed by atoms with van der Waals surface area (Å²) in [4.78, 5) is 33.5. The van der Waals surface area contributed by atoms with Crippen LogP contribution in [-0.4, -0.2) is 48.3 Å². The Morgan fingerprint density at radius 3 is 2.58 bits per heavy atom. The van der Waals surface area contributed by atoms with Crippen LogP contribution in [0.15, 0.2) is 67.0 Å². The molecular formula is C26H21F3N8O3. The molecule has 0 spiro atoms. The number of carbonyl (C=O) groups excluding carboxylic acids is 2. The van der Waals surface area contributed by atoms with E-state index in [1.54, 1.807) is 49.5 Å². The van der Waals surface area contributed by atoms with Crippen molar-refractivity contribution in [2.24, 2.45) is 0 Å². The third-order valence-corrected chi connectivity index (χ3v) is 5.78. The molecule has 0 aliphatic carbocycles. The highest BCUT2D eigenvalue weighted by Crippen LogP contribution is 2.33. The van der Waals surface area contributed by atoms with E-state index in [-0.39, 0.29) is 35.3 Å². The quantitative estimate of drug-likeness (QED) is 0.311. The van der Waals surface area contributed by atoms with Gasteiger partial charge >= 0.3 is 6.18 Å². The van der Waals surface area contributed by atoms with E-state index in [1.165, 1.54) is 24.1 Å². The summed E-state index contributed by atoms with van der Waals surface area (Å²) in [5, 5.41) is 13.3. The predicted octanol–water partition coefficient (Wildman–Crippen LogP) is 4.21. The lowest BCUT2D eigenvalue weighted by molar-refractivity contribution is -0.142. The van der Waals surface area contributed by atoms with Crippen LogP contribution in [0.3, 0.4) is 0 Å². The summed E-state index contributed by atoms with van der Waals surface area (Å²) in [5.41, 5.74) is -0.0738. The summed E-state index contributed by atoms with van der Waals surface area (Å²) >= 11 is 0. The molecule has 0 fully saturated rings. The number of hydrogen-bond donors (Lipinski definition) is 2. The number of pyridine rings is 1. The minimum atomic E-state index is -4.78. The summed E-state index contributed by atoms with van der Waals surface area (Å²) in [6.07, 6.45) is -1.71. The molecule has 0 aliphatic rings. The minimum Gasteiger partial charge on any atom is -0.497 e. The Labute approximate surface area is 224 Å². The standard InChI is InChI=1S/C26H21F3N8O3/c1-15-9-22(35-36(15)14-24(38)31-17-6-4-8-30-13-17)33-25(39)20-12-23-32-19(16-5-3-7-18(10-16)40-2)11-21(26(27,28)29)37(23)34-20/h3-13H,14H2,1-2H3,(H,31,38)(H,33,35,39). The van der Waals surface area contributed by atoms with Crippen LogP contribution in [0.25, 0.3) is 16.9 Å². The van der Waals surface area contributed by atoms with Crippen LogP contribution in [0.2, 0.25) is 0 Å². The molecule has 204 valence electrons. The van der Waals surface area contributed by atoms with Crippen molar-refractivity contribution < 1.29 is 27.5 Å². The highest BCUT2D eigenvalue weighted by atomic mass is 19.4. The van der Waals surface area contributed by atoms with Crippen molar-refractivity contribution in [2.75, 3.05) is 17.7 Å². The van der Waals surface area contributed by atoms with Crippen LogP contribution < -0.4 is 15.4 Å². The average molecular weight is 551 g/mol. The third kappa shape index (κ3) is 5.60. The molecule has 0 unspecified atom stereocenters. The fourth-order valence-electron chi connectivity index (χ4n) is 3.90. The number of ether oxygens (including phenoxy) is 1. The number of anilines is 2. The Hall–Kier alpha value is -5.27. The Morgan fingerprint density at radius 2 is 1.85 bits per heavy atom. The van der Waals surface area contributed by atoms with E-state index in [2.05, 4.69) is 30.8 Å². The zero-order valence-corrected chi connectivity index (χ0v) is 21.1. The van der Waals surface area contributed by atoms with Gasteiger partial charge in [-0.15, -0.1) is 0 Å². The summed E-state index contributed by atoms with van der Waals surface area (Å²) in [6.45, 7) is 1.54. The van der Waals surface area contributed by atoms with E-state index in [0.717, 1.165) is 12.1 Å². The first-order valence-corrected chi connectivity index (χ1v) is 11.8. The van der Waals surface area contributed by atoms with Gasteiger partial charge in [-0.25, -0.2) is 9.50 Å². The van der Waals surface area contributed by atoms with Gasteiger partial charge in [-0.05, 0) is 37.3 Å². The molecule has 0 radical (unpaired) electrons. The highest BCUT2D eigenvalue weighted by molar-refractivity contribution is 6.03. The largest absolute Gasteiger partial charge is 0.497 e. The molecule has 4 aromatic heterocycles. The number of carbonyl (C=O) groups is 2. The van der Waals surface area contributed by atoms with Crippen LogP contribution in [0.4, 0.5) is 24.7 Å². The molecule has 40 heavy (non-hydrogen) atoms. The van der Waals surface area contributed by atoms with Crippen molar-refractivity contribution in [2.45, 2.75) is 19.6 Å². The Bertz CT molecular complexity index is 1710. The van der Waals surface area contributed by atoms with Crippen LogP contribution in [0, 0.1) is 6.92 Å². The van der Waals surface area contributed by atoms with E-state index in [1.807, 2.05) is 0 Å². The molecule has 0 aliphatic heterocycles. The minimum absolute atomic E-state index is 0.0320. The number of aromatic nitrogens is 6. The van der Waals surface area contributed by atoms with Gasteiger partial charge in [0.25, 0.3) is 5.91 Å². The van der Waals surface area contributed by atoms with Crippen LogP contribution in [0.1, 0.15) is 21.9 Å². The van der Waals surface area contributed by atoms with Crippen molar-refractivity contribution in [1.29, 1.82) is 0 Å². The third-order valence-electron chi connectivity index (χ3n) is 5.78. The van der Waals surface area contributed by atoms with Gasteiger partial charge in [-0.2, -0.15) is 23.4 Å². The molecule has 2 N–H and O–H groups in total. The Morgan fingerprint density at radius 1 is 1.02 bits per heavy atom. The molecule has 0 bridgehead atoms. The lowest BCUT2D eigenvalue weighted by Gasteiger charge is -2.11. The van der Waals surface area contributed by atoms with Crippen molar-refractivity contribution in [3.63, 3.8) is 0 Å². The molecule has 2 amide bonds. The van der Waals surface area contributed by atoms with Gasteiger partial charge in [0.2, 0.25) is 5.91 Å². The van der Waals surface area contributed by atoms with Gasteiger partial charge < -0.3 is 15.4 Å². The van der Waals surface area contributed by atoms with Gasteiger partial charge in [0, 0.05) is 29.6 Å². The van der Waals surface area contributed by atoms with E-state index >= 15 is 0 Å². The second-order valence-electron chi connectivity index (χ2n) is 8.63. The second kappa shape index (κ2) is 10.5. The topological polar surface area (TPSA) is 128 Å². The normalized spacial score (nSPS) is 11.4. The average Bonchev–Trinajstić information content (AvgIpc) is 3.51. The summed E-state index contributed by atoms with van der Waals surface area (Å²) < 4.78 is 48.9. The van der Waals surface area contributed by atoms with Crippen LogP contribution in [0.5, 0.6) is 5.75 Å². The molecule has 5 aromatic rings. The second-order valence-corrected chi connectivity index (χ2v) is 8.63. The predicted molar refractivity (Wildman–Crippen MR) is 138 cm³/mol. The van der Waals surface area contributed by atoms with E-state index in [9.17, 15) is 22.8 Å². The zero-order chi connectivity index (χ0) is 28.4. The smallest absolute Gasteiger partial charge is 0.433 e. The molecule has 14 heteroatoms. The number of fused-ring (bicyclic) bond motifs is 1. The Kier molecular flexibility index (Phi) is 6.90.